The highest BCUT2D eigenvalue weighted by atomic mass is 19.1. The fraction of sp³-hybridized carbons (Fsp3) is 0.165. The van der Waals surface area contributed by atoms with Crippen molar-refractivity contribution in [2.75, 3.05) is 14.2 Å². The lowest BCUT2D eigenvalue weighted by atomic mass is 9.52. The lowest BCUT2D eigenvalue weighted by molar-refractivity contribution is -0.165. The average Bonchev–Trinajstić information content (AvgIpc) is 0.727. The number of carbonyl (C=O) groups is 6. The third-order valence-corrected chi connectivity index (χ3v) is 21.7. The molecule has 14 nitrogen and oxygen atoms in total. The number of hydrogen-bond donors (Lipinski definition) is 3. The molecule has 3 saturated carbocycles. The molecule has 0 aromatic heterocycles. The van der Waals surface area contributed by atoms with E-state index in [4.69, 9.17) is 23.7 Å². The summed E-state index contributed by atoms with van der Waals surface area (Å²) in [5.74, 6) is -15.7. The van der Waals surface area contributed by atoms with Gasteiger partial charge in [-0.2, -0.15) is 0 Å². The van der Waals surface area contributed by atoms with E-state index < -0.39 is 113 Å². The van der Waals surface area contributed by atoms with E-state index in [2.05, 4.69) is 0 Å². The monoisotopic (exact) mass is 1410 g/mol. The smallest absolute Gasteiger partial charge is 0.315 e. The first kappa shape index (κ1) is 69.0. The molecule has 0 aliphatic heterocycles. The summed E-state index contributed by atoms with van der Waals surface area (Å²) in [5, 5.41) is 34.5. The predicted octanol–water partition coefficient (Wildman–Crippen LogP) is 18.2. The van der Waals surface area contributed by atoms with Gasteiger partial charge in [0.2, 0.25) is 0 Å². The molecular weight excluding hydrogens is 1340 g/mol. The van der Waals surface area contributed by atoms with Crippen LogP contribution >= 0.6 is 0 Å². The van der Waals surface area contributed by atoms with E-state index in [1.54, 1.807) is 84.9 Å². The number of halogens is 1. The number of para-hydroxylation sites is 1. The van der Waals surface area contributed by atoms with Crippen LogP contribution in [-0.4, -0.2) is 65.4 Å². The van der Waals surface area contributed by atoms with E-state index in [0.717, 1.165) is 22.1 Å². The summed E-state index contributed by atoms with van der Waals surface area (Å²) in [5.41, 5.74) is 9.70. The van der Waals surface area contributed by atoms with Gasteiger partial charge in [0.25, 0.3) is 0 Å². The van der Waals surface area contributed by atoms with Crippen molar-refractivity contribution in [3.8, 4) is 67.5 Å². The largest absolute Gasteiger partial charge is 0.496 e. The fourth-order valence-electron chi connectivity index (χ4n) is 16.8. The molecule has 8 unspecified atom stereocenters. The Morgan fingerprint density at radius 1 is 0.330 bits per heavy atom. The molecule has 0 spiro atoms. The molecule has 15 heteroatoms. The molecular formula is C91H71FO14. The van der Waals surface area contributed by atoms with Crippen LogP contribution < -0.4 is 18.9 Å². The maximum absolute atomic E-state index is 15.7. The Labute approximate surface area is 610 Å². The molecule has 3 N–H and O–H groups in total. The Hall–Kier alpha value is -12.8. The average molecular weight is 1410 g/mol. The zero-order chi connectivity index (χ0) is 73.3. The second-order valence-electron chi connectivity index (χ2n) is 27.3. The summed E-state index contributed by atoms with van der Waals surface area (Å²) >= 11 is 0. The van der Waals surface area contributed by atoms with Crippen LogP contribution in [0, 0.1) is 41.3 Å². The van der Waals surface area contributed by atoms with Crippen LogP contribution in [0.2, 0.25) is 0 Å². The summed E-state index contributed by atoms with van der Waals surface area (Å²) in [7, 11) is 2.93. The minimum absolute atomic E-state index is 0.0423. The summed E-state index contributed by atoms with van der Waals surface area (Å²) in [6.45, 7) is -0.0423. The van der Waals surface area contributed by atoms with Gasteiger partial charge < -0.3 is 39.0 Å². The number of aliphatic carboxylic acids is 3. The standard InChI is InChI=1S/C91H71FO14/c1-102-71-34-20-19-33-69(71)78-82(88(97)98)79(70-44-41-59(49-72(70)103-2)64-45-60-29-15-18-32-68(60)73(50-64)106-91(101)84-75(56-25-11-5-12-26-56)81(87(95)96)76(84)57-27-13-6-14-28-57)85(78)90(100)105-66-47-62(46-63(48-66)53-39-42-65(92)43-40-53)52-35-37-58(38-36-52)77-80(86(93)94)74(55-23-9-4-10-24-55)83(77)89(99)104-51-61-30-16-17-31-67(61)54-21-7-3-8-22-54/h3-50,74-85H,51H2,1-2H3,(H,93,94)(H,95,96)(H,97,98)/t74?,75-,76?,77-,78+,79?,80+,81?,82?,83?,84?,85?/m1/s1. The van der Waals surface area contributed by atoms with E-state index in [1.165, 1.54) is 26.4 Å². The fourth-order valence-corrected chi connectivity index (χ4v) is 16.8. The van der Waals surface area contributed by atoms with Gasteiger partial charge >= 0.3 is 35.8 Å². The first-order chi connectivity index (χ1) is 51.7. The van der Waals surface area contributed by atoms with E-state index >= 15 is 4.79 Å². The van der Waals surface area contributed by atoms with Crippen LogP contribution in [0.5, 0.6) is 23.0 Å². The van der Waals surface area contributed by atoms with Gasteiger partial charge in [0.05, 0.1) is 49.7 Å². The van der Waals surface area contributed by atoms with Gasteiger partial charge in [-0.15, -0.1) is 0 Å². The van der Waals surface area contributed by atoms with Crippen molar-refractivity contribution < 1.29 is 72.2 Å². The topological polar surface area (TPSA) is 209 Å². The second kappa shape index (κ2) is 29.5. The number of rotatable bonds is 22. The molecule has 0 heterocycles. The van der Waals surface area contributed by atoms with Gasteiger partial charge in [0.15, 0.2) is 0 Å². The van der Waals surface area contributed by atoms with Gasteiger partial charge in [0.1, 0.15) is 35.4 Å². The molecule has 526 valence electrons. The summed E-state index contributed by atoms with van der Waals surface area (Å²) < 4.78 is 46.0. The van der Waals surface area contributed by atoms with Gasteiger partial charge in [-0.1, -0.05) is 237 Å². The minimum Gasteiger partial charge on any atom is -0.496 e. The van der Waals surface area contributed by atoms with Crippen molar-refractivity contribution in [1.29, 1.82) is 0 Å². The Kier molecular flexibility index (Phi) is 19.2. The molecule has 3 aliphatic carbocycles. The van der Waals surface area contributed by atoms with Crippen molar-refractivity contribution in [2.24, 2.45) is 35.5 Å². The third-order valence-electron chi connectivity index (χ3n) is 21.7. The molecule has 0 saturated heterocycles. The van der Waals surface area contributed by atoms with Crippen LogP contribution in [0.15, 0.2) is 291 Å². The van der Waals surface area contributed by atoms with Crippen LogP contribution in [0.1, 0.15) is 74.5 Å². The lowest BCUT2D eigenvalue weighted by Crippen LogP contribution is -2.52. The zero-order valence-electron chi connectivity index (χ0n) is 57.6. The lowest BCUT2D eigenvalue weighted by Gasteiger charge is -2.49. The number of methoxy groups -OCH3 is 2. The van der Waals surface area contributed by atoms with E-state index in [-0.39, 0.29) is 23.9 Å². The van der Waals surface area contributed by atoms with E-state index in [1.807, 2.05) is 194 Å². The Balaban J connectivity index is 0.758. The number of carboxylic acids is 3. The molecule has 3 fully saturated rings. The molecule has 12 aromatic rings. The zero-order valence-corrected chi connectivity index (χ0v) is 57.6. The Bertz CT molecular complexity index is 5260. The van der Waals surface area contributed by atoms with Crippen molar-refractivity contribution in [3.05, 3.63) is 336 Å². The molecule has 106 heavy (non-hydrogen) atoms. The third kappa shape index (κ3) is 13.1. The first-order valence-corrected chi connectivity index (χ1v) is 35.1. The van der Waals surface area contributed by atoms with E-state index in [9.17, 15) is 43.7 Å². The van der Waals surface area contributed by atoms with Crippen LogP contribution in [0.25, 0.3) is 55.3 Å². The predicted molar refractivity (Wildman–Crippen MR) is 399 cm³/mol. The van der Waals surface area contributed by atoms with Gasteiger partial charge in [-0.3, -0.25) is 28.8 Å². The number of carboxylic acid groups (broad SMARTS) is 3. The summed E-state index contributed by atoms with van der Waals surface area (Å²) in [6.07, 6.45) is 0. The molecule has 12 atom stereocenters. The summed E-state index contributed by atoms with van der Waals surface area (Å²) in [4.78, 5) is 85.9. The highest BCUT2D eigenvalue weighted by molar-refractivity contribution is 5.96. The SMILES string of the molecule is COc1cc(-c2cc(OC(=O)C3C(c4ccccc4)C(C(=O)O)[C@H]3c3ccccc3)c3ccccc3c2)ccc1C1C(C(=O)O)[C@H](c2ccccc2OC)C1C(=O)Oc1cc(-c2ccc(F)cc2)cc(-c2ccc([C@H]3C(C(=O)OCc4ccccc4-c4ccccc4)C(c4ccccc4)[C@@H]3C(=O)O)cc2)c1. The molecule has 3 aliphatic rings. The first-order valence-electron chi connectivity index (χ1n) is 35.1. The van der Waals surface area contributed by atoms with Gasteiger partial charge in [-0.25, -0.2) is 4.39 Å². The van der Waals surface area contributed by atoms with Crippen molar-refractivity contribution >= 4 is 46.6 Å². The molecule has 15 rings (SSSR count). The van der Waals surface area contributed by atoms with Crippen LogP contribution in [-0.2, 0) is 40.1 Å². The van der Waals surface area contributed by atoms with Gasteiger partial charge in [-0.05, 0) is 143 Å². The number of ether oxygens (including phenoxy) is 5. The number of benzene rings is 12. The normalized spacial score (nSPS) is 21.3. The molecule has 12 aromatic carbocycles. The number of carbonyl (C=O) groups excluding carboxylic acids is 3. The van der Waals surface area contributed by atoms with Crippen LogP contribution in [0.3, 0.4) is 0 Å². The van der Waals surface area contributed by atoms with Crippen LogP contribution in [0.4, 0.5) is 4.39 Å². The number of fused-ring (bicyclic) bond motifs is 1. The molecule has 0 radical (unpaired) electrons. The second-order valence-corrected chi connectivity index (χ2v) is 27.3. The quantitative estimate of drug-likeness (QED) is 0.0426. The van der Waals surface area contributed by atoms with Crippen molar-refractivity contribution in [2.45, 2.75) is 42.1 Å². The van der Waals surface area contributed by atoms with Crippen molar-refractivity contribution in [1.82, 2.24) is 0 Å². The van der Waals surface area contributed by atoms with E-state index in [0.29, 0.717) is 77.9 Å². The molecule has 0 amide bonds. The molecule has 0 bridgehead atoms. The maximum Gasteiger partial charge on any atom is 0.315 e. The maximum atomic E-state index is 15.7. The van der Waals surface area contributed by atoms with Gasteiger partial charge in [0, 0.05) is 40.9 Å². The number of esters is 3. The highest BCUT2D eigenvalue weighted by Crippen LogP contribution is 2.63. The number of hydrogen-bond acceptors (Lipinski definition) is 11. The highest BCUT2D eigenvalue weighted by Gasteiger charge is 2.62. The van der Waals surface area contributed by atoms with Crippen molar-refractivity contribution in [3.63, 3.8) is 0 Å². The Morgan fingerprint density at radius 3 is 1.32 bits per heavy atom. The minimum atomic E-state index is -1.23. The summed E-state index contributed by atoms with van der Waals surface area (Å²) in [6, 6.07) is 86.4. The Morgan fingerprint density at radius 2 is 0.755 bits per heavy atom.